The maximum Gasteiger partial charge on any atom is 0.310 e. The lowest BCUT2D eigenvalue weighted by Gasteiger charge is -2.14. The summed E-state index contributed by atoms with van der Waals surface area (Å²) in [6, 6.07) is 11.9. The van der Waals surface area contributed by atoms with Gasteiger partial charge in [-0.05, 0) is 76.2 Å². The van der Waals surface area contributed by atoms with Crippen molar-refractivity contribution in [2.45, 2.75) is 63.7 Å². The Hall–Kier alpha value is -2.96. The van der Waals surface area contributed by atoms with Crippen LogP contribution in [0, 0.1) is 6.92 Å². The number of nitrogens with two attached hydrogens (primary N) is 1. The quantitative estimate of drug-likeness (QED) is 0.0968. The number of anilines is 2. The van der Waals surface area contributed by atoms with Gasteiger partial charge in [-0.25, -0.2) is 4.98 Å². The van der Waals surface area contributed by atoms with Crippen LogP contribution in [-0.2, 0) is 32.5 Å². The first-order valence-corrected chi connectivity index (χ1v) is 16.7. The Kier molecular flexibility index (Phi) is 15.9. The Bertz CT molecular complexity index is 1450. The third kappa shape index (κ3) is 13.8. The number of halogens is 2. The van der Waals surface area contributed by atoms with Crippen LogP contribution in [0.3, 0.4) is 0 Å². The summed E-state index contributed by atoms with van der Waals surface area (Å²) in [4.78, 5) is 22.6. The Morgan fingerprint density at radius 3 is 2.32 bits per heavy atom. The normalized spacial score (nSPS) is 11.2. The lowest BCUT2D eigenvalue weighted by Crippen LogP contribution is -2.14. The number of hydrogen-bond acceptors (Lipinski definition) is 9. The second-order valence-corrected chi connectivity index (χ2v) is 12.8. The Balaban J connectivity index is 0.000000469. The number of carbonyl (C=O) groups excluding carboxylic acids is 1. The Morgan fingerprint density at radius 2 is 1.70 bits per heavy atom. The molecule has 13 heteroatoms. The summed E-state index contributed by atoms with van der Waals surface area (Å²) >= 11 is 11.0. The maximum atomic E-state index is 12.1. The molecule has 3 aromatic rings. The van der Waals surface area contributed by atoms with Crippen molar-refractivity contribution in [1.82, 2.24) is 14.9 Å². The molecule has 0 aliphatic heterocycles. The third-order valence-corrected chi connectivity index (χ3v) is 8.06. The van der Waals surface area contributed by atoms with E-state index < -0.39 is 10.1 Å². The van der Waals surface area contributed by atoms with Crippen molar-refractivity contribution in [2.24, 2.45) is 0 Å². The third-order valence-electron chi connectivity index (χ3n) is 6.49. The van der Waals surface area contributed by atoms with Gasteiger partial charge in [0.15, 0.2) is 0 Å². The van der Waals surface area contributed by atoms with E-state index in [1.807, 2.05) is 33.2 Å². The van der Waals surface area contributed by atoms with Crippen molar-refractivity contribution in [2.75, 3.05) is 44.8 Å². The largest absolute Gasteiger partial charge is 0.465 e. The highest BCUT2D eigenvalue weighted by atomic mass is 35.5. The van der Waals surface area contributed by atoms with Crippen molar-refractivity contribution >= 4 is 51.1 Å². The zero-order valence-electron chi connectivity index (χ0n) is 25.8. The lowest BCUT2D eigenvalue weighted by molar-refractivity contribution is -0.142. The van der Waals surface area contributed by atoms with Crippen LogP contribution in [0.25, 0.3) is 0 Å². The number of nitrogens with zero attached hydrogens (tertiary/aromatic N) is 3. The van der Waals surface area contributed by atoms with Gasteiger partial charge in [-0.15, -0.1) is 0 Å². The number of carbonyl (C=O) groups is 1. The minimum absolute atomic E-state index is 0.0538. The molecule has 0 unspecified atom stereocenters. The molecule has 0 aliphatic rings. The fraction of sp³-hybridized carbons (Fsp3) is 0.452. The van der Waals surface area contributed by atoms with E-state index in [2.05, 4.69) is 39.2 Å². The number of hydrogen-bond donors (Lipinski definition) is 3. The molecule has 3 rings (SSSR count). The van der Waals surface area contributed by atoms with Gasteiger partial charge in [-0.2, -0.15) is 13.4 Å². The molecule has 0 spiro atoms. The van der Waals surface area contributed by atoms with E-state index in [9.17, 15) is 13.2 Å². The van der Waals surface area contributed by atoms with Crippen LogP contribution in [0.15, 0.2) is 47.4 Å². The molecule has 2 aromatic carbocycles. The molecule has 44 heavy (non-hydrogen) atoms. The molecule has 4 N–H and O–H groups in total. The zero-order chi connectivity index (χ0) is 32.7. The Labute approximate surface area is 271 Å². The molecule has 1 heterocycles. The molecule has 0 saturated heterocycles. The molecule has 242 valence electrons. The highest BCUT2D eigenvalue weighted by Gasteiger charge is 2.14. The van der Waals surface area contributed by atoms with E-state index in [-0.39, 0.29) is 20.9 Å². The maximum absolute atomic E-state index is 12.1. The van der Waals surface area contributed by atoms with Crippen LogP contribution in [0.2, 0.25) is 10.0 Å². The SMILES string of the molecule is CCCCCNc1nc(N)nc(C)c1Cc1ccc(CC(=O)OCCCCN(C)C)cc1.O=S(=O)(O)c1cc(Cl)ccc1Cl. The summed E-state index contributed by atoms with van der Waals surface area (Å²) < 4.78 is 35.2. The van der Waals surface area contributed by atoms with Crippen LogP contribution in [0.4, 0.5) is 11.8 Å². The summed E-state index contributed by atoms with van der Waals surface area (Å²) in [6.45, 7) is 6.51. The van der Waals surface area contributed by atoms with Crippen LogP contribution in [-0.4, -0.2) is 67.6 Å². The van der Waals surface area contributed by atoms with Crippen LogP contribution >= 0.6 is 23.2 Å². The molecule has 0 atom stereocenters. The van der Waals surface area contributed by atoms with E-state index in [1.54, 1.807) is 0 Å². The van der Waals surface area contributed by atoms with E-state index >= 15 is 0 Å². The smallest absolute Gasteiger partial charge is 0.310 e. The lowest BCUT2D eigenvalue weighted by atomic mass is 10.0. The van der Waals surface area contributed by atoms with E-state index in [1.165, 1.54) is 25.0 Å². The van der Waals surface area contributed by atoms with Gasteiger partial charge in [-0.3, -0.25) is 9.35 Å². The molecule has 10 nitrogen and oxygen atoms in total. The summed E-state index contributed by atoms with van der Waals surface area (Å²) in [6.07, 6.45) is 6.37. The molecule has 1 aromatic heterocycles. The highest BCUT2D eigenvalue weighted by Crippen LogP contribution is 2.24. The molecular formula is C31H43Cl2N5O5S. The summed E-state index contributed by atoms with van der Waals surface area (Å²) in [7, 11) is -0.185. The van der Waals surface area contributed by atoms with Gasteiger partial charge < -0.3 is 20.7 Å². The monoisotopic (exact) mass is 667 g/mol. The van der Waals surface area contributed by atoms with Gasteiger partial charge in [-0.1, -0.05) is 67.2 Å². The van der Waals surface area contributed by atoms with Crippen molar-refractivity contribution in [1.29, 1.82) is 0 Å². The topological polar surface area (TPSA) is 148 Å². The van der Waals surface area contributed by atoms with Crippen LogP contribution in [0.5, 0.6) is 0 Å². The predicted molar refractivity (Wildman–Crippen MR) is 177 cm³/mol. The Morgan fingerprint density at radius 1 is 1.02 bits per heavy atom. The molecule has 0 amide bonds. The molecule has 0 saturated carbocycles. The zero-order valence-corrected chi connectivity index (χ0v) is 28.1. The highest BCUT2D eigenvalue weighted by molar-refractivity contribution is 7.86. The van der Waals surface area contributed by atoms with Gasteiger partial charge >= 0.3 is 5.97 Å². The average Bonchev–Trinajstić information content (AvgIpc) is 2.94. The van der Waals surface area contributed by atoms with Gasteiger partial charge in [0.05, 0.1) is 18.1 Å². The van der Waals surface area contributed by atoms with Crippen molar-refractivity contribution < 1.29 is 22.5 Å². The first-order chi connectivity index (χ1) is 20.8. The van der Waals surface area contributed by atoms with Gasteiger partial charge in [0.1, 0.15) is 10.7 Å². The number of esters is 1. The standard InChI is InChI=1S/C25H39N5O2.C6H4Cl2O3S/c1-5-6-7-14-27-24-22(19(2)28-25(26)29-24)17-20-10-12-21(13-11-20)18-23(31)32-16-9-8-15-30(3)4;7-4-1-2-5(8)6(3-4)12(9,10)11/h10-13H,5-9,14-18H2,1-4H3,(H3,26,27,28,29);1-3H,(H,9,10,11). The number of nitrogen functional groups attached to an aromatic ring is 1. The fourth-order valence-corrected chi connectivity index (χ4v) is 5.38. The number of aromatic nitrogens is 2. The van der Waals surface area contributed by atoms with Crippen LogP contribution < -0.4 is 11.1 Å². The summed E-state index contributed by atoms with van der Waals surface area (Å²) in [5.74, 6) is 0.928. The molecule has 0 fully saturated rings. The second kappa shape index (κ2) is 18.8. The minimum Gasteiger partial charge on any atom is -0.465 e. The number of aryl methyl sites for hydroxylation is 1. The van der Waals surface area contributed by atoms with Crippen molar-refractivity contribution in [3.05, 3.63) is 74.9 Å². The second-order valence-electron chi connectivity index (χ2n) is 10.6. The predicted octanol–water partition coefficient (Wildman–Crippen LogP) is 6.23. The first kappa shape index (κ1) is 37.2. The molecule has 0 aliphatic carbocycles. The number of nitrogens with one attached hydrogen (secondary N) is 1. The minimum atomic E-state index is -4.27. The van der Waals surface area contributed by atoms with Gasteiger partial charge in [0.2, 0.25) is 5.95 Å². The molecular weight excluding hydrogens is 625 g/mol. The summed E-state index contributed by atoms with van der Waals surface area (Å²) in [5.41, 5.74) is 9.91. The number of unbranched alkanes of at least 4 members (excludes halogenated alkanes) is 3. The van der Waals surface area contributed by atoms with Crippen molar-refractivity contribution in [3.63, 3.8) is 0 Å². The van der Waals surface area contributed by atoms with Gasteiger partial charge in [0, 0.05) is 29.2 Å². The van der Waals surface area contributed by atoms with Crippen molar-refractivity contribution in [3.8, 4) is 0 Å². The first-order valence-electron chi connectivity index (χ1n) is 14.5. The number of ether oxygens (including phenoxy) is 1. The molecule has 0 bridgehead atoms. The van der Waals surface area contributed by atoms with E-state index in [4.69, 9.17) is 38.2 Å². The molecule has 0 radical (unpaired) electrons. The van der Waals surface area contributed by atoms with E-state index in [0.29, 0.717) is 25.4 Å². The number of benzene rings is 2. The summed E-state index contributed by atoms with van der Waals surface area (Å²) in [5, 5.41) is 3.57. The van der Waals surface area contributed by atoms with Gasteiger partial charge in [0.25, 0.3) is 10.1 Å². The van der Waals surface area contributed by atoms with E-state index in [0.717, 1.165) is 66.6 Å². The van der Waals surface area contributed by atoms with Crippen LogP contribution in [0.1, 0.15) is 61.4 Å². The number of rotatable bonds is 15. The average molecular weight is 669 g/mol. The fourth-order valence-electron chi connectivity index (χ4n) is 4.15.